The van der Waals surface area contributed by atoms with Gasteiger partial charge in [-0.15, -0.1) is 0 Å². The number of nitrogens with zero attached hydrogens (tertiary/aromatic N) is 2. The minimum Gasteiger partial charge on any atom is -0.481 e. The quantitative estimate of drug-likeness (QED) is 0.882. The van der Waals surface area contributed by atoms with Crippen LogP contribution < -0.4 is 5.32 Å². The highest BCUT2D eigenvalue weighted by Gasteiger charge is 2.44. The average molecular weight is 283 g/mol. The Morgan fingerprint density at radius 1 is 1.30 bits per heavy atom. The molecule has 0 aliphatic rings. The maximum absolute atomic E-state index is 12.4. The lowest BCUT2D eigenvalue weighted by atomic mass is 10.1. The van der Waals surface area contributed by atoms with Crippen molar-refractivity contribution in [2.45, 2.75) is 6.18 Å². The molecule has 0 aliphatic carbocycles. The van der Waals surface area contributed by atoms with E-state index in [0.717, 1.165) is 0 Å². The van der Waals surface area contributed by atoms with E-state index in [0.29, 0.717) is 0 Å². The van der Waals surface area contributed by atoms with Crippen LogP contribution in [0.5, 0.6) is 0 Å². The molecule has 0 saturated carbocycles. The first-order valence-electron chi connectivity index (χ1n) is 5.27. The number of aliphatic carboxylic acids is 1. The standard InChI is InChI=1S/C12H8F3N3O2/c13-12(14,15)10(11(19)20)6-18-9-2-1-7(4-16)8(3-9)5-17/h1-3,10,18H,6H2,(H,19,20). The van der Waals surface area contributed by atoms with E-state index in [1.54, 1.807) is 12.1 Å². The van der Waals surface area contributed by atoms with Crippen molar-refractivity contribution in [2.75, 3.05) is 11.9 Å². The van der Waals surface area contributed by atoms with Crippen molar-refractivity contribution < 1.29 is 23.1 Å². The molecule has 104 valence electrons. The third kappa shape index (κ3) is 3.62. The molecule has 0 heterocycles. The van der Waals surface area contributed by atoms with Crippen LogP contribution in [-0.4, -0.2) is 23.8 Å². The predicted molar refractivity (Wildman–Crippen MR) is 61.5 cm³/mol. The van der Waals surface area contributed by atoms with Gasteiger partial charge in [-0.3, -0.25) is 4.79 Å². The lowest BCUT2D eigenvalue weighted by Gasteiger charge is -2.17. The van der Waals surface area contributed by atoms with E-state index in [1.807, 2.05) is 0 Å². The molecule has 1 aromatic rings. The number of rotatable bonds is 4. The summed E-state index contributed by atoms with van der Waals surface area (Å²) in [6.07, 6.45) is -4.87. The topological polar surface area (TPSA) is 96.9 Å². The van der Waals surface area contributed by atoms with Crippen LogP contribution in [0, 0.1) is 28.6 Å². The molecule has 0 aliphatic heterocycles. The third-order valence-electron chi connectivity index (χ3n) is 2.46. The van der Waals surface area contributed by atoms with E-state index < -0.39 is 24.6 Å². The van der Waals surface area contributed by atoms with Crippen molar-refractivity contribution in [1.82, 2.24) is 0 Å². The zero-order chi connectivity index (χ0) is 15.3. The lowest BCUT2D eigenvalue weighted by Crippen LogP contribution is -2.36. The fourth-order valence-electron chi connectivity index (χ4n) is 1.41. The molecule has 0 spiro atoms. The predicted octanol–water partition coefficient (Wildman–Crippen LogP) is 2.10. The van der Waals surface area contributed by atoms with Crippen LogP contribution in [0.15, 0.2) is 18.2 Å². The van der Waals surface area contributed by atoms with Crippen molar-refractivity contribution in [1.29, 1.82) is 10.5 Å². The normalized spacial score (nSPS) is 12.1. The molecule has 1 rings (SSSR count). The Morgan fingerprint density at radius 2 is 1.90 bits per heavy atom. The van der Waals surface area contributed by atoms with Gasteiger partial charge in [0.2, 0.25) is 0 Å². The Hall–Kier alpha value is -2.74. The highest BCUT2D eigenvalue weighted by atomic mass is 19.4. The maximum Gasteiger partial charge on any atom is 0.403 e. The number of carboxylic acid groups (broad SMARTS) is 1. The smallest absolute Gasteiger partial charge is 0.403 e. The maximum atomic E-state index is 12.4. The average Bonchev–Trinajstić information content (AvgIpc) is 2.36. The van der Waals surface area contributed by atoms with Crippen LogP contribution >= 0.6 is 0 Å². The van der Waals surface area contributed by atoms with Gasteiger partial charge in [-0.25, -0.2) is 0 Å². The summed E-state index contributed by atoms with van der Waals surface area (Å²) in [4.78, 5) is 10.5. The van der Waals surface area contributed by atoms with Gasteiger partial charge in [-0.05, 0) is 18.2 Å². The molecule has 0 fully saturated rings. The van der Waals surface area contributed by atoms with Gasteiger partial charge in [0.15, 0.2) is 5.92 Å². The summed E-state index contributed by atoms with van der Waals surface area (Å²) in [7, 11) is 0. The Bertz CT molecular complexity index is 599. The number of hydrogen-bond donors (Lipinski definition) is 2. The zero-order valence-corrected chi connectivity index (χ0v) is 9.90. The van der Waals surface area contributed by atoms with Crippen molar-refractivity contribution in [3.8, 4) is 12.1 Å². The minimum atomic E-state index is -4.87. The van der Waals surface area contributed by atoms with E-state index in [9.17, 15) is 18.0 Å². The number of carbonyl (C=O) groups is 1. The molecule has 5 nitrogen and oxygen atoms in total. The van der Waals surface area contributed by atoms with E-state index in [-0.39, 0.29) is 16.8 Å². The zero-order valence-electron chi connectivity index (χ0n) is 9.90. The van der Waals surface area contributed by atoms with Crippen molar-refractivity contribution in [3.05, 3.63) is 29.3 Å². The fraction of sp³-hybridized carbons (Fsp3) is 0.250. The monoisotopic (exact) mass is 283 g/mol. The summed E-state index contributed by atoms with van der Waals surface area (Å²) in [5, 5.41) is 28.3. The van der Waals surface area contributed by atoms with Crippen LogP contribution in [0.1, 0.15) is 11.1 Å². The van der Waals surface area contributed by atoms with Gasteiger partial charge >= 0.3 is 12.1 Å². The molecule has 1 unspecified atom stereocenters. The molecular formula is C12H8F3N3O2. The molecule has 0 aromatic heterocycles. The number of benzene rings is 1. The number of anilines is 1. The molecule has 0 amide bonds. The Labute approximate surface area is 111 Å². The first kappa shape index (κ1) is 15.3. The number of hydrogen-bond acceptors (Lipinski definition) is 4. The Balaban J connectivity index is 2.88. The van der Waals surface area contributed by atoms with Gasteiger partial charge in [0, 0.05) is 12.2 Å². The molecular weight excluding hydrogens is 275 g/mol. The van der Waals surface area contributed by atoms with Gasteiger partial charge in [0.25, 0.3) is 0 Å². The summed E-state index contributed by atoms with van der Waals surface area (Å²) in [5.41, 5.74) is 0.219. The number of alkyl halides is 3. The number of carboxylic acids is 1. The molecule has 1 atom stereocenters. The molecule has 0 saturated heterocycles. The van der Waals surface area contributed by atoms with Crippen molar-refractivity contribution in [3.63, 3.8) is 0 Å². The van der Waals surface area contributed by atoms with Gasteiger partial charge in [-0.2, -0.15) is 23.7 Å². The van der Waals surface area contributed by atoms with Crippen LogP contribution in [0.4, 0.5) is 18.9 Å². The van der Waals surface area contributed by atoms with Gasteiger partial charge < -0.3 is 10.4 Å². The highest BCUT2D eigenvalue weighted by molar-refractivity contribution is 5.72. The first-order chi connectivity index (χ1) is 9.29. The second kappa shape index (κ2) is 5.93. The van der Waals surface area contributed by atoms with Crippen LogP contribution in [0.2, 0.25) is 0 Å². The summed E-state index contributed by atoms with van der Waals surface area (Å²) in [6.45, 7) is -0.865. The fourth-order valence-corrected chi connectivity index (χ4v) is 1.41. The lowest BCUT2D eigenvalue weighted by molar-refractivity contribution is -0.190. The molecule has 2 N–H and O–H groups in total. The van der Waals surface area contributed by atoms with E-state index in [1.165, 1.54) is 18.2 Å². The summed E-state index contributed by atoms with van der Waals surface area (Å²) in [6, 6.07) is 7.24. The number of nitriles is 2. The van der Waals surface area contributed by atoms with Gasteiger partial charge in [0.05, 0.1) is 11.1 Å². The van der Waals surface area contributed by atoms with Crippen LogP contribution in [0.25, 0.3) is 0 Å². The third-order valence-corrected chi connectivity index (χ3v) is 2.46. The largest absolute Gasteiger partial charge is 0.481 e. The van der Waals surface area contributed by atoms with Gasteiger partial charge in [-0.1, -0.05) is 0 Å². The van der Waals surface area contributed by atoms with E-state index in [4.69, 9.17) is 15.6 Å². The Kier molecular flexibility index (Phi) is 4.54. The number of nitrogens with one attached hydrogen (secondary N) is 1. The molecule has 20 heavy (non-hydrogen) atoms. The van der Waals surface area contributed by atoms with Crippen molar-refractivity contribution >= 4 is 11.7 Å². The second-order valence-corrected chi connectivity index (χ2v) is 3.80. The van der Waals surface area contributed by atoms with Gasteiger partial charge in [0.1, 0.15) is 12.1 Å². The van der Waals surface area contributed by atoms with Crippen LogP contribution in [0.3, 0.4) is 0 Å². The van der Waals surface area contributed by atoms with E-state index >= 15 is 0 Å². The Morgan fingerprint density at radius 3 is 2.35 bits per heavy atom. The molecule has 1 aromatic carbocycles. The number of halogens is 3. The summed E-state index contributed by atoms with van der Waals surface area (Å²) < 4.78 is 37.3. The molecule has 0 bridgehead atoms. The van der Waals surface area contributed by atoms with Crippen LogP contribution in [-0.2, 0) is 4.79 Å². The van der Waals surface area contributed by atoms with Crippen molar-refractivity contribution in [2.24, 2.45) is 5.92 Å². The SMILES string of the molecule is N#Cc1ccc(NCC(C(=O)O)C(F)(F)F)cc1C#N. The summed E-state index contributed by atoms with van der Waals surface area (Å²) >= 11 is 0. The summed E-state index contributed by atoms with van der Waals surface area (Å²) in [5.74, 6) is -4.54. The second-order valence-electron chi connectivity index (χ2n) is 3.80. The highest BCUT2D eigenvalue weighted by Crippen LogP contribution is 2.27. The van der Waals surface area contributed by atoms with E-state index in [2.05, 4.69) is 5.32 Å². The molecule has 0 radical (unpaired) electrons. The molecule has 8 heteroatoms. The first-order valence-corrected chi connectivity index (χ1v) is 5.27. The minimum absolute atomic E-state index is 0.00335.